The molecule has 0 radical (unpaired) electrons. The average molecular weight is 333 g/mol. The molecule has 2 N–H and O–H groups in total. The molecule has 120 valence electrons. The zero-order valence-corrected chi connectivity index (χ0v) is 14.7. The Morgan fingerprint density at radius 2 is 1.95 bits per heavy atom. The molecule has 0 aliphatic rings. The molecule has 0 heterocycles. The van der Waals surface area contributed by atoms with Crippen molar-refractivity contribution in [1.82, 2.24) is 4.90 Å². The molecular formula is C16H26Cl2N2O. The van der Waals surface area contributed by atoms with Crippen LogP contribution in [0.25, 0.3) is 0 Å². The summed E-state index contributed by atoms with van der Waals surface area (Å²) in [5.41, 5.74) is 6.96. The number of carbonyl (C=O) groups is 1. The summed E-state index contributed by atoms with van der Waals surface area (Å²) < 4.78 is 0. The van der Waals surface area contributed by atoms with Crippen molar-refractivity contribution >= 4 is 29.9 Å². The fourth-order valence-corrected chi connectivity index (χ4v) is 2.23. The molecule has 1 aromatic carbocycles. The van der Waals surface area contributed by atoms with E-state index >= 15 is 0 Å². The summed E-state index contributed by atoms with van der Waals surface area (Å²) in [6.45, 7) is 6.79. The van der Waals surface area contributed by atoms with Gasteiger partial charge in [0, 0.05) is 24.7 Å². The van der Waals surface area contributed by atoms with E-state index in [1.807, 2.05) is 38.2 Å². The molecular weight excluding hydrogens is 307 g/mol. The van der Waals surface area contributed by atoms with E-state index in [9.17, 15) is 4.79 Å². The van der Waals surface area contributed by atoms with Gasteiger partial charge in [-0.3, -0.25) is 4.79 Å². The number of rotatable bonds is 6. The number of carbonyl (C=O) groups excluding carboxylic acids is 1. The van der Waals surface area contributed by atoms with Crippen LogP contribution in [-0.4, -0.2) is 30.4 Å². The van der Waals surface area contributed by atoms with Gasteiger partial charge in [0.25, 0.3) is 0 Å². The smallest absolute Gasteiger partial charge is 0.229 e. The number of hydrogen-bond acceptors (Lipinski definition) is 2. The monoisotopic (exact) mass is 332 g/mol. The standard InChI is InChI=1S/C16H25ClN2O.ClH/c1-11(2)15(18)8-9-19(4)16(20)12(3)13-6-5-7-14(17)10-13;/h5-7,10-12,15H,8-9,18H2,1-4H3;1H. The topological polar surface area (TPSA) is 46.3 Å². The van der Waals surface area contributed by atoms with Gasteiger partial charge in [0.15, 0.2) is 0 Å². The molecule has 0 aliphatic carbocycles. The Labute approximate surface area is 139 Å². The van der Waals surface area contributed by atoms with Gasteiger partial charge in [0.2, 0.25) is 5.91 Å². The minimum Gasteiger partial charge on any atom is -0.345 e. The first-order valence-electron chi connectivity index (χ1n) is 7.09. The molecule has 0 spiro atoms. The van der Waals surface area contributed by atoms with E-state index in [4.69, 9.17) is 17.3 Å². The van der Waals surface area contributed by atoms with Crippen LogP contribution in [0.2, 0.25) is 5.02 Å². The lowest BCUT2D eigenvalue weighted by molar-refractivity contribution is -0.131. The molecule has 2 unspecified atom stereocenters. The van der Waals surface area contributed by atoms with Crippen molar-refractivity contribution in [2.45, 2.75) is 39.2 Å². The lowest BCUT2D eigenvalue weighted by Crippen LogP contribution is -2.36. The van der Waals surface area contributed by atoms with E-state index < -0.39 is 0 Å². The van der Waals surface area contributed by atoms with Crippen molar-refractivity contribution in [1.29, 1.82) is 0 Å². The summed E-state index contributed by atoms with van der Waals surface area (Å²) in [6, 6.07) is 7.59. The molecule has 1 rings (SSSR count). The molecule has 0 fully saturated rings. The van der Waals surface area contributed by atoms with Crippen LogP contribution in [0.5, 0.6) is 0 Å². The first-order valence-corrected chi connectivity index (χ1v) is 7.46. The van der Waals surface area contributed by atoms with Gasteiger partial charge in [-0.2, -0.15) is 0 Å². The third-order valence-corrected chi connectivity index (χ3v) is 3.98. The lowest BCUT2D eigenvalue weighted by Gasteiger charge is -2.24. The molecule has 0 saturated heterocycles. The third kappa shape index (κ3) is 6.25. The van der Waals surface area contributed by atoms with Crippen molar-refractivity contribution in [2.24, 2.45) is 11.7 Å². The highest BCUT2D eigenvalue weighted by Gasteiger charge is 2.20. The maximum atomic E-state index is 12.4. The van der Waals surface area contributed by atoms with Gasteiger partial charge in [-0.15, -0.1) is 12.4 Å². The van der Waals surface area contributed by atoms with Crippen molar-refractivity contribution < 1.29 is 4.79 Å². The van der Waals surface area contributed by atoms with Gasteiger partial charge in [-0.1, -0.05) is 37.6 Å². The Balaban J connectivity index is 0.00000400. The Morgan fingerprint density at radius 3 is 2.48 bits per heavy atom. The highest BCUT2D eigenvalue weighted by Crippen LogP contribution is 2.21. The molecule has 0 aliphatic heterocycles. The van der Waals surface area contributed by atoms with E-state index in [0.29, 0.717) is 17.5 Å². The average Bonchev–Trinajstić information content (AvgIpc) is 2.42. The second-order valence-corrected chi connectivity index (χ2v) is 6.17. The second-order valence-electron chi connectivity index (χ2n) is 5.73. The van der Waals surface area contributed by atoms with E-state index in [2.05, 4.69) is 13.8 Å². The molecule has 21 heavy (non-hydrogen) atoms. The zero-order valence-electron chi connectivity index (χ0n) is 13.2. The Bertz CT molecular complexity index is 452. The first-order chi connectivity index (χ1) is 9.32. The van der Waals surface area contributed by atoms with Crippen LogP contribution in [0.15, 0.2) is 24.3 Å². The fourth-order valence-electron chi connectivity index (χ4n) is 2.04. The summed E-state index contributed by atoms with van der Waals surface area (Å²) in [5.74, 6) is 0.348. The Kier molecular flexibility index (Phi) is 8.95. The molecule has 1 aromatic rings. The van der Waals surface area contributed by atoms with Gasteiger partial charge in [0.05, 0.1) is 5.92 Å². The molecule has 3 nitrogen and oxygen atoms in total. The molecule has 2 atom stereocenters. The van der Waals surface area contributed by atoms with Gasteiger partial charge < -0.3 is 10.6 Å². The quantitative estimate of drug-likeness (QED) is 0.863. The van der Waals surface area contributed by atoms with Gasteiger partial charge >= 0.3 is 0 Å². The van der Waals surface area contributed by atoms with Crippen LogP contribution in [0.3, 0.4) is 0 Å². The van der Waals surface area contributed by atoms with Gasteiger partial charge in [-0.05, 0) is 37.0 Å². The summed E-state index contributed by atoms with van der Waals surface area (Å²) >= 11 is 5.97. The Morgan fingerprint density at radius 1 is 1.33 bits per heavy atom. The highest BCUT2D eigenvalue weighted by atomic mass is 35.5. The maximum absolute atomic E-state index is 12.4. The second kappa shape index (κ2) is 9.29. The minimum absolute atomic E-state index is 0. The number of amides is 1. The SMILES string of the molecule is CC(C(=O)N(C)CCC(N)C(C)C)c1cccc(Cl)c1.Cl. The number of likely N-dealkylation sites (N-methyl/N-ethyl adjacent to an activating group) is 1. The predicted octanol–water partition coefficient (Wildman–Crippen LogP) is 3.70. The lowest BCUT2D eigenvalue weighted by atomic mass is 9.99. The number of nitrogens with zero attached hydrogens (tertiary/aromatic N) is 1. The molecule has 0 saturated carbocycles. The number of benzene rings is 1. The molecule has 0 bridgehead atoms. The minimum atomic E-state index is -0.186. The summed E-state index contributed by atoms with van der Waals surface area (Å²) in [7, 11) is 1.83. The van der Waals surface area contributed by atoms with E-state index in [-0.39, 0.29) is 30.3 Å². The summed E-state index contributed by atoms with van der Waals surface area (Å²) in [6.07, 6.45) is 0.822. The highest BCUT2D eigenvalue weighted by molar-refractivity contribution is 6.30. The largest absolute Gasteiger partial charge is 0.345 e. The van der Waals surface area contributed by atoms with Gasteiger partial charge in [0.1, 0.15) is 0 Å². The van der Waals surface area contributed by atoms with Crippen molar-refractivity contribution in [3.8, 4) is 0 Å². The van der Waals surface area contributed by atoms with Crippen LogP contribution in [0.4, 0.5) is 0 Å². The van der Waals surface area contributed by atoms with Crippen molar-refractivity contribution in [3.63, 3.8) is 0 Å². The van der Waals surface area contributed by atoms with Crippen LogP contribution in [0.1, 0.15) is 38.7 Å². The predicted molar refractivity (Wildman–Crippen MR) is 92.2 cm³/mol. The van der Waals surface area contributed by atoms with Gasteiger partial charge in [-0.25, -0.2) is 0 Å². The van der Waals surface area contributed by atoms with E-state index in [1.165, 1.54) is 0 Å². The van der Waals surface area contributed by atoms with E-state index in [0.717, 1.165) is 12.0 Å². The van der Waals surface area contributed by atoms with Crippen molar-refractivity contribution in [2.75, 3.05) is 13.6 Å². The number of halogens is 2. The molecule has 5 heteroatoms. The summed E-state index contributed by atoms with van der Waals surface area (Å²) in [4.78, 5) is 14.1. The third-order valence-electron chi connectivity index (χ3n) is 3.75. The van der Waals surface area contributed by atoms with Crippen molar-refractivity contribution in [3.05, 3.63) is 34.9 Å². The van der Waals surface area contributed by atoms with Crippen LogP contribution in [-0.2, 0) is 4.79 Å². The van der Waals surface area contributed by atoms with Crippen LogP contribution in [0, 0.1) is 5.92 Å². The number of hydrogen-bond donors (Lipinski definition) is 1. The normalized spacial score (nSPS) is 13.5. The van der Waals surface area contributed by atoms with Crippen LogP contribution < -0.4 is 5.73 Å². The zero-order chi connectivity index (χ0) is 15.3. The van der Waals surface area contributed by atoms with E-state index in [1.54, 1.807) is 4.90 Å². The molecule has 1 amide bonds. The Hall–Kier alpha value is -0.770. The first kappa shape index (κ1) is 20.2. The van der Waals surface area contributed by atoms with Crippen LogP contribution >= 0.6 is 24.0 Å². The summed E-state index contributed by atoms with van der Waals surface area (Å²) in [5, 5.41) is 0.659. The molecule has 0 aromatic heterocycles. The number of nitrogens with two attached hydrogens (primary N) is 1. The maximum Gasteiger partial charge on any atom is 0.229 e. The fraction of sp³-hybridized carbons (Fsp3) is 0.562.